The molecule has 0 atom stereocenters. The topological polar surface area (TPSA) is 38.7 Å². The molecule has 0 N–H and O–H groups in total. The molecule has 0 unspecified atom stereocenters. The lowest BCUT2D eigenvalue weighted by molar-refractivity contribution is -0.140. The van der Waals surface area contributed by atoms with Crippen molar-refractivity contribution >= 4 is 23.8 Å². The fraction of sp³-hybridized carbons (Fsp3) is 0.500. The maximum atomic E-state index is 9.94. The number of hydrogen-bond donors (Lipinski definition) is 0. The summed E-state index contributed by atoms with van der Waals surface area (Å²) >= 11 is 5.14. The van der Waals surface area contributed by atoms with E-state index in [0.29, 0.717) is 0 Å². The van der Waals surface area contributed by atoms with Gasteiger partial charge < -0.3 is 4.84 Å². The van der Waals surface area contributed by atoms with Crippen molar-refractivity contribution < 1.29 is 9.63 Å². The first-order valence-corrected chi connectivity index (χ1v) is 2.56. The molecule has 0 saturated heterocycles. The summed E-state index contributed by atoms with van der Waals surface area (Å²) in [5.41, 5.74) is 0. The molecule has 0 aliphatic carbocycles. The van der Waals surface area contributed by atoms with Crippen LogP contribution in [0.15, 0.2) is 5.16 Å². The van der Waals surface area contributed by atoms with Gasteiger partial charge >= 0.3 is 5.97 Å². The fourth-order valence-corrected chi connectivity index (χ4v) is 0.196. The lowest BCUT2D eigenvalue weighted by Gasteiger charge is -1.84. The summed E-state index contributed by atoms with van der Waals surface area (Å²) in [6.45, 7) is 1.27. The molecule has 0 aromatic rings. The Morgan fingerprint density at radius 3 is 3.00 bits per heavy atom. The molecule has 0 bridgehead atoms. The smallest absolute Gasteiger partial charge is 0.319 e. The number of hydrogen-bond acceptors (Lipinski definition) is 3. The number of halogens is 1. The van der Waals surface area contributed by atoms with Gasteiger partial charge in [-0.1, -0.05) is 5.16 Å². The SMILES string of the molecule is CC(=O)O/N=C\CCl. The summed E-state index contributed by atoms with van der Waals surface area (Å²) in [4.78, 5) is 14.1. The Balaban J connectivity index is 3.16. The Labute approximate surface area is 52.3 Å². The van der Waals surface area contributed by atoms with Crippen LogP contribution in [0.4, 0.5) is 0 Å². The van der Waals surface area contributed by atoms with Crippen molar-refractivity contribution in [2.75, 3.05) is 5.88 Å². The second-order valence-electron chi connectivity index (χ2n) is 1.03. The van der Waals surface area contributed by atoms with Gasteiger partial charge in [0.05, 0.1) is 12.1 Å². The van der Waals surface area contributed by atoms with Crippen molar-refractivity contribution in [3.8, 4) is 0 Å². The van der Waals surface area contributed by atoms with Crippen LogP contribution >= 0.6 is 11.6 Å². The van der Waals surface area contributed by atoms with Gasteiger partial charge in [0.1, 0.15) is 0 Å². The highest BCUT2D eigenvalue weighted by Crippen LogP contribution is 1.75. The van der Waals surface area contributed by atoms with Gasteiger partial charge in [-0.25, -0.2) is 4.79 Å². The zero-order chi connectivity index (χ0) is 6.41. The lowest BCUT2D eigenvalue weighted by atomic mass is 10.8. The number of nitrogens with zero attached hydrogens (tertiary/aromatic N) is 1. The predicted octanol–water partition coefficient (Wildman–Crippen LogP) is 0.774. The normalized spacial score (nSPS) is 9.75. The molecule has 0 aromatic heterocycles. The van der Waals surface area contributed by atoms with E-state index in [4.69, 9.17) is 11.6 Å². The van der Waals surface area contributed by atoms with Crippen LogP contribution in [0.3, 0.4) is 0 Å². The molecule has 0 aromatic carbocycles. The minimum absolute atomic E-state index is 0.257. The summed E-state index contributed by atoms with van der Waals surface area (Å²) in [7, 11) is 0. The zero-order valence-electron chi connectivity index (χ0n) is 4.43. The highest BCUT2D eigenvalue weighted by Gasteiger charge is 1.83. The van der Waals surface area contributed by atoms with E-state index in [1.54, 1.807) is 0 Å². The van der Waals surface area contributed by atoms with Crippen LogP contribution in [0, 0.1) is 0 Å². The van der Waals surface area contributed by atoms with Gasteiger partial charge in [0, 0.05) is 6.92 Å². The quantitative estimate of drug-likeness (QED) is 0.243. The first-order valence-electron chi connectivity index (χ1n) is 2.02. The molecule has 0 saturated carbocycles. The number of carbonyl (C=O) groups excluding carboxylic acids is 1. The van der Waals surface area contributed by atoms with Gasteiger partial charge in [-0.3, -0.25) is 0 Å². The van der Waals surface area contributed by atoms with Crippen LogP contribution in [0.5, 0.6) is 0 Å². The Morgan fingerprint density at radius 2 is 2.62 bits per heavy atom. The summed E-state index contributed by atoms with van der Waals surface area (Å²) in [6.07, 6.45) is 1.29. The van der Waals surface area contributed by atoms with E-state index in [0.717, 1.165) is 0 Å². The fourth-order valence-electron chi connectivity index (χ4n) is 0.140. The highest BCUT2D eigenvalue weighted by molar-refractivity contribution is 6.24. The summed E-state index contributed by atoms with van der Waals surface area (Å²) in [5.74, 6) is -0.181. The molecule has 0 fully saturated rings. The molecule has 0 aliphatic heterocycles. The van der Waals surface area contributed by atoms with Gasteiger partial charge in [0.25, 0.3) is 0 Å². The Hall–Kier alpha value is -0.570. The highest BCUT2D eigenvalue weighted by atomic mass is 35.5. The molecule has 0 heterocycles. The minimum Gasteiger partial charge on any atom is -0.319 e. The number of oxime groups is 1. The summed E-state index contributed by atoms with van der Waals surface area (Å²) in [5, 5.41) is 3.18. The molecule has 0 amide bonds. The van der Waals surface area contributed by atoms with E-state index in [2.05, 4.69) is 9.99 Å². The van der Waals surface area contributed by atoms with Gasteiger partial charge in [-0.05, 0) is 0 Å². The lowest BCUT2D eigenvalue weighted by Crippen LogP contribution is -1.90. The van der Waals surface area contributed by atoms with E-state index >= 15 is 0 Å². The average molecular weight is 136 g/mol. The third kappa shape index (κ3) is 5.43. The largest absolute Gasteiger partial charge is 0.331 e. The first kappa shape index (κ1) is 7.43. The standard InChI is InChI=1S/C4H6ClNO2/c1-4(7)8-6-3-2-5/h3H,2H2,1H3/b6-3-. The molecule has 46 valence electrons. The van der Waals surface area contributed by atoms with Crippen LogP contribution in [-0.4, -0.2) is 18.1 Å². The average Bonchev–Trinajstić information content (AvgIpc) is 1.66. The van der Waals surface area contributed by atoms with E-state index in [9.17, 15) is 4.79 Å². The molecular formula is C4H6ClNO2. The van der Waals surface area contributed by atoms with Crippen LogP contribution in [0.2, 0.25) is 0 Å². The molecule has 0 aliphatic rings. The second kappa shape index (κ2) is 4.59. The Bertz CT molecular complexity index is 102. The Morgan fingerprint density at radius 1 is 2.00 bits per heavy atom. The van der Waals surface area contributed by atoms with Crippen LogP contribution in [0.1, 0.15) is 6.92 Å². The molecule has 0 rings (SSSR count). The van der Waals surface area contributed by atoms with E-state index < -0.39 is 5.97 Å². The Kier molecular flexibility index (Phi) is 4.26. The third-order valence-corrected chi connectivity index (χ3v) is 0.463. The van der Waals surface area contributed by atoms with E-state index in [1.807, 2.05) is 0 Å². The number of carbonyl (C=O) groups is 1. The maximum absolute atomic E-state index is 9.94. The van der Waals surface area contributed by atoms with E-state index in [1.165, 1.54) is 13.1 Å². The van der Waals surface area contributed by atoms with Gasteiger partial charge in [-0.2, -0.15) is 0 Å². The summed E-state index contributed by atoms with van der Waals surface area (Å²) in [6, 6.07) is 0. The molecule has 3 nitrogen and oxygen atoms in total. The second-order valence-corrected chi connectivity index (χ2v) is 1.33. The third-order valence-electron chi connectivity index (χ3n) is 0.325. The van der Waals surface area contributed by atoms with E-state index in [-0.39, 0.29) is 5.88 Å². The number of alkyl halides is 1. The van der Waals surface area contributed by atoms with Crippen molar-refractivity contribution in [3.63, 3.8) is 0 Å². The maximum Gasteiger partial charge on any atom is 0.331 e. The van der Waals surface area contributed by atoms with Gasteiger partial charge in [0.2, 0.25) is 0 Å². The van der Waals surface area contributed by atoms with Crippen LogP contribution in [-0.2, 0) is 9.63 Å². The number of rotatable bonds is 2. The molecule has 0 spiro atoms. The van der Waals surface area contributed by atoms with Crippen molar-refractivity contribution in [3.05, 3.63) is 0 Å². The van der Waals surface area contributed by atoms with Gasteiger partial charge in [-0.15, -0.1) is 11.6 Å². The summed E-state index contributed by atoms with van der Waals surface area (Å²) < 4.78 is 0. The predicted molar refractivity (Wildman–Crippen MR) is 31.0 cm³/mol. The molecule has 0 radical (unpaired) electrons. The minimum atomic E-state index is -0.439. The molecule has 4 heteroatoms. The molecular weight excluding hydrogens is 130 g/mol. The molecule has 8 heavy (non-hydrogen) atoms. The first-order chi connectivity index (χ1) is 3.77. The van der Waals surface area contributed by atoms with Crippen molar-refractivity contribution in [2.45, 2.75) is 6.92 Å². The van der Waals surface area contributed by atoms with Crippen molar-refractivity contribution in [1.29, 1.82) is 0 Å². The van der Waals surface area contributed by atoms with Crippen molar-refractivity contribution in [2.24, 2.45) is 5.16 Å². The van der Waals surface area contributed by atoms with Gasteiger partial charge in [0.15, 0.2) is 0 Å². The van der Waals surface area contributed by atoms with Crippen LogP contribution < -0.4 is 0 Å². The van der Waals surface area contributed by atoms with Crippen LogP contribution in [0.25, 0.3) is 0 Å². The monoisotopic (exact) mass is 135 g/mol. The zero-order valence-corrected chi connectivity index (χ0v) is 5.18. The van der Waals surface area contributed by atoms with Crippen molar-refractivity contribution in [1.82, 2.24) is 0 Å².